The molecule has 2 rings (SSSR count). The number of nitrogens with one attached hydrogen (secondary N) is 1. The molecule has 0 bridgehead atoms. The number of rotatable bonds is 5. The largest absolute Gasteiger partial charge is 0.491 e. The van der Waals surface area contributed by atoms with E-state index in [4.69, 9.17) is 14.0 Å². The Morgan fingerprint density at radius 1 is 1.24 bits per heavy atom. The fourth-order valence-electron chi connectivity index (χ4n) is 2.70. The van der Waals surface area contributed by atoms with Crippen molar-refractivity contribution in [1.29, 1.82) is 0 Å². The van der Waals surface area contributed by atoms with E-state index >= 15 is 0 Å². The average molecular weight is 345 g/mol. The maximum atomic E-state index is 12.1. The van der Waals surface area contributed by atoms with Crippen LogP contribution < -0.4 is 5.32 Å². The first kappa shape index (κ1) is 19.7. The number of esters is 1. The second-order valence-corrected chi connectivity index (χ2v) is 7.42. The highest BCUT2D eigenvalue weighted by molar-refractivity contribution is 6.56. The van der Waals surface area contributed by atoms with Gasteiger partial charge >= 0.3 is 13.1 Å². The van der Waals surface area contributed by atoms with Gasteiger partial charge < -0.3 is 19.4 Å². The predicted octanol–water partition coefficient (Wildman–Crippen LogP) is 3.02. The van der Waals surface area contributed by atoms with Crippen LogP contribution in [0.5, 0.6) is 0 Å². The normalized spacial score (nSPS) is 19.2. The van der Waals surface area contributed by atoms with Gasteiger partial charge in [0.1, 0.15) is 0 Å². The number of ether oxygens (including phenoxy) is 1. The second-order valence-electron chi connectivity index (χ2n) is 7.42. The van der Waals surface area contributed by atoms with Crippen LogP contribution in [0.2, 0.25) is 0 Å². The number of carbonyl (C=O) groups excluding carboxylic acids is 1. The van der Waals surface area contributed by atoms with E-state index in [1.165, 1.54) is 7.11 Å². The lowest BCUT2D eigenvalue weighted by Crippen LogP contribution is -2.41. The van der Waals surface area contributed by atoms with Crippen LogP contribution in [0.4, 0.5) is 0 Å². The number of carbonyl (C=O) groups is 1. The van der Waals surface area contributed by atoms with Crippen LogP contribution in [-0.4, -0.2) is 45.0 Å². The van der Waals surface area contributed by atoms with Crippen LogP contribution in [0.15, 0.2) is 23.7 Å². The molecule has 1 fully saturated rings. The van der Waals surface area contributed by atoms with Gasteiger partial charge in [0.15, 0.2) is 0 Å². The molecule has 0 unspecified atom stereocenters. The summed E-state index contributed by atoms with van der Waals surface area (Å²) in [7, 11) is 2.79. The molecule has 1 aromatic rings. The SMILES string of the molecule is CNCC(=Cc1cc(C)ccc1C(=O)OC)B1OC(C)(C)C(C)(C)O1. The Kier molecular flexibility index (Phi) is 5.77. The van der Waals surface area contributed by atoms with E-state index in [2.05, 4.69) is 5.32 Å². The molecule has 0 amide bonds. The molecule has 5 nitrogen and oxygen atoms in total. The summed E-state index contributed by atoms with van der Waals surface area (Å²) in [5, 5.41) is 3.15. The van der Waals surface area contributed by atoms with Crippen LogP contribution >= 0.6 is 0 Å². The molecule has 1 aliphatic rings. The van der Waals surface area contributed by atoms with E-state index in [1.807, 2.05) is 59.9 Å². The van der Waals surface area contributed by atoms with Gasteiger partial charge in [-0.2, -0.15) is 0 Å². The highest BCUT2D eigenvalue weighted by Gasteiger charge is 2.52. The van der Waals surface area contributed by atoms with Crippen molar-refractivity contribution in [3.05, 3.63) is 40.4 Å². The van der Waals surface area contributed by atoms with Gasteiger partial charge in [-0.15, -0.1) is 0 Å². The first-order valence-electron chi connectivity index (χ1n) is 8.51. The summed E-state index contributed by atoms with van der Waals surface area (Å²) < 4.78 is 17.2. The smallest absolute Gasteiger partial charge is 0.465 e. The van der Waals surface area contributed by atoms with Crippen molar-refractivity contribution < 1.29 is 18.8 Å². The molecule has 0 aromatic heterocycles. The molecular formula is C19H28BNO4. The van der Waals surface area contributed by atoms with Crippen molar-refractivity contribution in [2.45, 2.75) is 45.8 Å². The lowest BCUT2D eigenvalue weighted by atomic mass is 9.76. The van der Waals surface area contributed by atoms with Gasteiger partial charge in [0.05, 0.1) is 23.9 Å². The highest BCUT2D eigenvalue weighted by Crippen LogP contribution is 2.38. The summed E-state index contributed by atoms with van der Waals surface area (Å²) >= 11 is 0. The van der Waals surface area contributed by atoms with E-state index in [-0.39, 0.29) is 5.97 Å². The van der Waals surface area contributed by atoms with Crippen molar-refractivity contribution in [3.8, 4) is 0 Å². The topological polar surface area (TPSA) is 56.8 Å². The summed E-state index contributed by atoms with van der Waals surface area (Å²) in [6.45, 7) is 10.7. The molecule has 6 heteroatoms. The first-order chi connectivity index (χ1) is 11.6. The molecule has 0 aliphatic carbocycles. The maximum Gasteiger partial charge on any atom is 0.491 e. The van der Waals surface area contributed by atoms with Crippen LogP contribution in [0.1, 0.15) is 49.2 Å². The summed E-state index contributed by atoms with van der Waals surface area (Å²) in [5.74, 6) is -0.357. The molecule has 0 saturated carbocycles. The van der Waals surface area contributed by atoms with Crippen LogP contribution in [0, 0.1) is 6.92 Å². The van der Waals surface area contributed by atoms with Crippen molar-refractivity contribution in [2.24, 2.45) is 0 Å². The van der Waals surface area contributed by atoms with Gasteiger partial charge in [0.2, 0.25) is 0 Å². The zero-order chi connectivity index (χ0) is 18.8. The minimum absolute atomic E-state index is 0.357. The number of methoxy groups -OCH3 is 1. The van der Waals surface area contributed by atoms with Gasteiger partial charge in [0.25, 0.3) is 0 Å². The Labute approximate surface area is 150 Å². The summed E-state index contributed by atoms with van der Waals surface area (Å²) in [6, 6.07) is 5.65. The Morgan fingerprint density at radius 3 is 2.36 bits per heavy atom. The van der Waals surface area contributed by atoms with Gasteiger partial charge in [-0.05, 0) is 58.8 Å². The summed E-state index contributed by atoms with van der Waals surface area (Å²) in [4.78, 5) is 12.1. The number of benzene rings is 1. The molecule has 0 atom stereocenters. The Morgan fingerprint density at radius 2 is 1.84 bits per heavy atom. The number of likely N-dealkylation sites (N-methyl/N-ethyl adjacent to an activating group) is 1. The lowest BCUT2D eigenvalue weighted by molar-refractivity contribution is 0.00578. The Bertz CT molecular complexity index is 666. The van der Waals surface area contributed by atoms with E-state index in [1.54, 1.807) is 6.07 Å². The third-order valence-corrected chi connectivity index (χ3v) is 4.89. The average Bonchev–Trinajstić information content (AvgIpc) is 2.74. The summed E-state index contributed by atoms with van der Waals surface area (Å²) in [6.07, 6.45) is 1.96. The Hall–Kier alpha value is -1.63. The summed E-state index contributed by atoms with van der Waals surface area (Å²) in [5.41, 5.74) is 2.49. The van der Waals surface area contributed by atoms with Crippen LogP contribution in [-0.2, 0) is 14.0 Å². The molecule has 1 heterocycles. The fraction of sp³-hybridized carbons (Fsp3) is 0.526. The minimum Gasteiger partial charge on any atom is -0.465 e. The number of aryl methyl sites for hydroxylation is 1. The van der Waals surface area contributed by atoms with E-state index in [0.717, 1.165) is 16.6 Å². The van der Waals surface area contributed by atoms with Crippen molar-refractivity contribution >= 4 is 19.2 Å². The number of hydrogen-bond donors (Lipinski definition) is 1. The molecule has 136 valence electrons. The monoisotopic (exact) mass is 345 g/mol. The lowest BCUT2D eigenvalue weighted by Gasteiger charge is -2.32. The van der Waals surface area contributed by atoms with Crippen molar-refractivity contribution in [2.75, 3.05) is 20.7 Å². The third kappa shape index (κ3) is 4.14. The maximum absolute atomic E-state index is 12.1. The quantitative estimate of drug-likeness (QED) is 0.657. The molecule has 0 spiro atoms. The molecule has 0 radical (unpaired) electrons. The van der Waals surface area contributed by atoms with Gasteiger partial charge in [-0.1, -0.05) is 23.8 Å². The Balaban J connectivity index is 2.45. The van der Waals surface area contributed by atoms with Crippen molar-refractivity contribution in [3.63, 3.8) is 0 Å². The van der Waals surface area contributed by atoms with Gasteiger partial charge in [-0.3, -0.25) is 0 Å². The van der Waals surface area contributed by atoms with Crippen molar-refractivity contribution in [1.82, 2.24) is 5.32 Å². The molecule has 1 aliphatic heterocycles. The zero-order valence-electron chi connectivity index (χ0n) is 16.2. The van der Waals surface area contributed by atoms with Gasteiger partial charge in [-0.25, -0.2) is 4.79 Å². The first-order valence-corrected chi connectivity index (χ1v) is 8.51. The van der Waals surface area contributed by atoms with Crippen LogP contribution in [0.3, 0.4) is 0 Å². The van der Waals surface area contributed by atoms with E-state index in [0.29, 0.717) is 12.1 Å². The van der Waals surface area contributed by atoms with E-state index < -0.39 is 18.3 Å². The fourth-order valence-corrected chi connectivity index (χ4v) is 2.70. The number of hydrogen-bond acceptors (Lipinski definition) is 5. The predicted molar refractivity (Wildman–Crippen MR) is 101 cm³/mol. The zero-order valence-corrected chi connectivity index (χ0v) is 16.2. The van der Waals surface area contributed by atoms with Crippen LogP contribution in [0.25, 0.3) is 6.08 Å². The highest BCUT2D eigenvalue weighted by atomic mass is 16.7. The second kappa shape index (κ2) is 7.32. The standard InChI is InChI=1S/C19H28BNO4/c1-13-8-9-16(17(22)23-7)14(10-13)11-15(12-21-6)20-24-18(2,3)19(4,5)25-20/h8-11,21H,12H2,1-7H3. The molecule has 1 N–H and O–H groups in total. The molecular weight excluding hydrogens is 317 g/mol. The third-order valence-electron chi connectivity index (χ3n) is 4.89. The molecule has 1 saturated heterocycles. The molecule has 1 aromatic carbocycles. The van der Waals surface area contributed by atoms with Gasteiger partial charge in [0, 0.05) is 6.54 Å². The minimum atomic E-state index is -0.469. The molecule has 25 heavy (non-hydrogen) atoms. The van der Waals surface area contributed by atoms with E-state index in [9.17, 15) is 4.79 Å².